The van der Waals surface area contributed by atoms with Crippen molar-refractivity contribution in [2.24, 2.45) is 0 Å². The number of nitrogens with zero attached hydrogens (tertiary/aromatic N) is 3. The third kappa shape index (κ3) is 3.66. The van der Waals surface area contributed by atoms with Gasteiger partial charge in [0.2, 0.25) is 0 Å². The first-order valence-electron chi connectivity index (χ1n) is 9.82. The van der Waals surface area contributed by atoms with Crippen molar-refractivity contribution in [2.75, 3.05) is 5.32 Å². The Morgan fingerprint density at radius 1 is 1.17 bits per heavy atom. The van der Waals surface area contributed by atoms with Crippen LogP contribution in [0.5, 0.6) is 5.75 Å². The van der Waals surface area contributed by atoms with Gasteiger partial charge in [0.25, 0.3) is 12.3 Å². The number of nitrogens with one attached hydrogen (secondary N) is 1. The Hall–Kier alpha value is -3.03. The fourth-order valence-corrected chi connectivity index (χ4v) is 3.37. The molecule has 0 unspecified atom stereocenters. The van der Waals surface area contributed by atoms with Gasteiger partial charge in [-0.05, 0) is 44.2 Å². The average Bonchev–Trinajstić information content (AvgIpc) is 3.44. The third-order valence-corrected chi connectivity index (χ3v) is 5.40. The summed E-state index contributed by atoms with van der Waals surface area (Å²) >= 11 is 0. The highest BCUT2D eigenvalue weighted by atomic mass is 19.3. The van der Waals surface area contributed by atoms with Crippen molar-refractivity contribution in [1.29, 1.82) is 0 Å². The van der Waals surface area contributed by atoms with Gasteiger partial charge in [-0.3, -0.25) is 4.79 Å². The van der Waals surface area contributed by atoms with E-state index in [0.29, 0.717) is 17.2 Å². The number of amides is 1. The van der Waals surface area contributed by atoms with Crippen LogP contribution in [0.1, 0.15) is 66.2 Å². The predicted molar refractivity (Wildman–Crippen MR) is 103 cm³/mol. The molecule has 0 saturated heterocycles. The first-order valence-corrected chi connectivity index (χ1v) is 9.82. The van der Waals surface area contributed by atoms with E-state index in [-0.39, 0.29) is 17.6 Å². The fraction of sp³-hybridized carbons (Fsp3) is 0.381. The number of halogens is 2. The van der Waals surface area contributed by atoms with Crippen LogP contribution in [0.2, 0.25) is 0 Å². The SMILES string of the molecule is O=C(Nc1cccc(C(F)F)n1)c1cn2cc(C3CC3)nc2cc1OC1CCC1. The van der Waals surface area contributed by atoms with Gasteiger partial charge in [0, 0.05) is 24.4 Å². The van der Waals surface area contributed by atoms with Crippen LogP contribution in [0.3, 0.4) is 0 Å². The normalized spacial score (nSPS) is 16.8. The Labute approximate surface area is 165 Å². The third-order valence-electron chi connectivity index (χ3n) is 5.40. The molecule has 0 aliphatic heterocycles. The maximum absolute atomic E-state index is 12.9. The van der Waals surface area contributed by atoms with E-state index < -0.39 is 12.3 Å². The summed E-state index contributed by atoms with van der Waals surface area (Å²) in [5.74, 6) is 0.565. The minimum absolute atomic E-state index is 0.0757. The Morgan fingerprint density at radius 2 is 2.00 bits per heavy atom. The molecule has 0 aromatic carbocycles. The van der Waals surface area contributed by atoms with Crippen molar-refractivity contribution in [3.05, 3.63) is 53.6 Å². The van der Waals surface area contributed by atoms with Crippen LogP contribution >= 0.6 is 0 Å². The lowest BCUT2D eigenvalue weighted by Gasteiger charge is -2.27. The van der Waals surface area contributed by atoms with Crippen LogP contribution in [-0.4, -0.2) is 26.4 Å². The molecule has 0 spiro atoms. The van der Waals surface area contributed by atoms with E-state index in [2.05, 4.69) is 15.3 Å². The molecule has 2 fully saturated rings. The van der Waals surface area contributed by atoms with Crippen molar-refractivity contribution < 1.29 is 18.3 Å². The van der Waals surface area contributed by atoms with E-state index in [4.69, 9.17) is 4.74 Å². The molecule has 29 heavy (non-hydrogen) atoms. The van der Waals surface area contributed by atoms with Gasteiger partial charge in [-0.15, -0.1) is 0 Å². The highest BCUT2D eigenvalue weighted by Crippen LogP contribution is 2.40. The van der Waals surface area contributed by atoms with Crippen LogP contribution in [0.15, 0.2) is 36.7 Å². The van der Waals surface area contributed by atoms with Gasteiger partial charge in [-0.2, -0.15) is 0 Å². The van der Waals surface area contributed by atoms with E-state index in [0.717, 1.165) is 43.4 Å². The van der Waals surface area contributed by atoms with Crippen LogP contribution in [0, 0.1) is 0 Å². The number of alkyl halides is 2. The standard InChI is InChI=1S/C21H20F2N4O2/c22-20(23)15-5-2-6-18(24-15)26-21(28)14-10-27-11-16(12-7-8-12)25-19(27)9-17(14)29-13-3-1-4-13/h2,5-6,9-13,20H,1,3-4,7-8H2,(H,24,26,28). The minimum Gasteiger partial charge on any atom is -0.489 e. The maximum Gasteiger partial charge on any atom is 0.280 e. The molecule has 5 rings (SSSR count). The van der Waals surface area contributed by atoms with Crippen molar-refractivity contribution in [1.82, 2.24) is 14.4 Å². The summed E-state index contributed by atoms with van der Waals surface area (Å²) in [6.07, 6.45) is 6.28. The average molecular weight is 398 g/mol. The molecule has 150 valence electrons. The molecule has 3 heterocycles. The molecule has 2 aliphatic carbocycles. The Balaban J connectivity index is 1.48. The van der Waals surface area contributed by atoms with Crippen molar-refractivity contribution >= 4 is 17.4 Å². The van der Waals surface area contributed by atoms with Gasteiger partial charge in [-0.1, -0.05) is 6.07 Å². The lowest BCUT2D eigenvalue weighted by molar-refractivity contribution is 0.0990. The van der Waals surface area contributed by atoms with E-state index in [1.54, 1.807) is 12.3 Å². The largest absolute Gasteiger partial charge is 0.489 e. The molecule has 3 aromatic rings. The molecule has 6 nitrogen and oxygen atoms in total. The van der Waals surface area contributed by atoms with Gasteiger partial charge in [-0.25, -0.2) is 18.7 Å². The van der Waals surface area contributed by atoms with Gasteiger partial charge >= 0.3 is 0 Å². The molecule has 0 radical (unpaired) electrons. The Bertz CT molecular complexity index is 1070. The number of fused-ring (bicyclic) bond motifs is 1. The van der Waals surface area contributed by atoms with Crippen molar-refractivity contribution in [2.45, 2.75) is 50.6 Å². The number of hydrogen-bond donors (Lipinski definition) is 1. The first kappa shape index (κ1) is 18.0. The number of hydrogen-bond acceptors (Lipinski definition) is 4. The summed E-state index contributed by atoms with van der Waals surface area (Å²) in [6.45, 7) is 0. The summed E-state index contributed by atoms with van der Waals surface area (Å²) in [5.41, 5.74) is 1.69. The number of aromatic nitrogens is 3. The number of carbonyl (C=O) groups is 1. The van der Waals surface area contributed by atoms with Gasteiger partial charge < -0.3 is 14.5 Å². The molecular formula is C21H20F2N4O2. The zero-order valence-electron chi connectivity index (χ0n) is 15.6. The lowest BCUT2D eigenvalue weighted by Crippen LogP contribution is -2.26. The highest BCUT2D eigenvalue weighted by Gasteiger charge is 2.28. The fourth-order valence-electron chi connectivity index (χ4n) is 3.37. The zero-order valence-corrected chi connectivity index (χ0v) is 15.6. The maximum atomic E-state index is 12.9. The molecule has 0 bridgehead atoms. The van der Waals surface area contributed by atoms with Crippen LogP contribution in [-0.2, 0) is 0 Å². The lowest BCUT2D eigenvalue weighted by atomic mass is 9.96. The topological polar surface area (TPSA) is 68.5 Å². The molecular weight excluding hydrogens is 378 g/mol. The monoisotopic (exact) mass is 398 g/mol. The minimum atomic E-state index is -2.70. The van der Waals surface area contributed by atoms with Gasteiger partial charge in [0.1, 0.15) is 22.9 Å². The summed E-state index contributed by atoms with van der Waals surface area (Å²) in [6, 6.07) is 5.93. The van der Waals surface area contributed by atoms with E-state index in [1.807, 2.05) is 10.6 Å². The second kappa shape index (κ2) is 7.09. The Kier molecular flexibility index (Phi) is 4.41. The van der Waals surface area contributed by atoms with Crippen molar-refractivity contribution in [3.63, 3.8) is 0 Å². The molecule has 2 aliphatic rings. The van der Waals surface area contributed by atoms with E-state index >= 15 is 0 Å². The molecule has 1 N–H and O–H groups in total. The molecule has 1 amide bonds. The molecule has 0 atom stereocenters. The smallest absolute Gasteiger partial charge is 0.280 e. The summed E-state index contributed by atoms with van der Waals surface area (Å²) in [4.78, 5) is 21.4. The van der Waals surface area contributed by atoms with E-state index in [9.17, 15) is 13.6 Å². The number of pyridine rings is 2. The summed E-state index contributed by atoms with van der Waals surface area (Å²) in [7, 11) is 0. The molecule has 2 saturated carbocycles. The summed E-state index contributed by atoms with van der Waals surface area (Å²) < 4.78 is 33.7. The quantitative estimate of drug-likeness (QED) is 0.652. The first-order chi connectivity index (χ1) is 14.1. The van der Waals surface area contributed by atoms with Gasteiger partial charge in [0.05, 0.1) is 17.4 Å². The van der Waals surface area contributed by atoms with Gasteiger partial charge in [0.15, 0.2) is 0 Å². The number of anilines is 1. The molecule has 3 aromatic heterocycles. The van der Waals surface area contributed by atoms with Crippen LogP contribution in [0.25, 0.3) is 5.65 Å². The predicted octanol–water partition coefficient (Wildman–Crippen LogP) is 4.73. The number of carbonyl (C=O) groups excluding carboxylic acids is 1. The number of ether oxygens (including phenoxy) is 1. The number of imidazole rings is 1. The van der Waals surface area contributed by atoms with Crippen LogP contribution < -0.4 is 10.1 Å². The second-order valence-corrected chi connectivity index (χ2v) is 7.63. The summed E-state index contributed by atoms with van der Waals surface area (Å²) in [5, 5.41) is 2.61. The molecule has 8 heteroatoms. The van der Waals surface area contributed by atoms with Crippen LogP contribution in [0.4, 0.5) is 14.6 Å². The number of rotatable bonds is 6. The second-order valence-electron chi connectivity index (χ2n) is 7.63. The Morgan fingerprint density at radius 3 is 2.69 bits per heavy atom. The van der Waals surface area contributed by atoms with E-state index in [1.165, 1.54) is 18.2 Å². The zero-order chi connectivity index (χ0) is 20.0. The van der Waals surface area contributed by atoms with Crippen molar-refractivity contribution in [3.8, 4) is 5.75 Å². The highest BCUT2D eigenvalue weighted by molar-refractivity contribution is 6.05.